The molecule has 1 rings (SSSR count). The van der Waals surface area contributed by atoms with Crippen molar-refractivity contribution in [3.05, 3.63) is 17.5 Å². The van der Waals surface area contributed by atoms with Crippen molar-refractivity contribution >= 4 is 23.6 Å². The maximum Gasteiger partial charge on any atom is 0.354 e. The van der Waals surface area contributed by atoms with Crippen molar-refractivity contribution in [3.63, 3.8) is 0 Å². The predicted molar refractivity (Wildman–Crippen MR) is 72.8 cm³/mol. The number of carboxylic acids is 1. The predicted octanol–water partition coefficient (Wildman–Crippen LogP) is 0.621. The Morgan fingerprint density at radius 3 is 2.55 bits per heavy atom. The fourth-order valence-corrected chi connectivity index (χ4v) is 1.53. The molecule has 8 heteroatoms. The van der Waals surface area contributed by atoms with Crippen LogP contribution in [0.1, 0.15) is 22.6 Å². The molecule has 0 bridgehead atoms. The molecule has 0 aliphatic carbocycles. The smallest absolute Gasteiger partial charge is 0.354 e. The molecular weight excluding hydrogens is 264 g/mol. The fraction of sp³-hybridized carbons (Fsp3) is 0.417. The summed E-state index contributed by atoms with van der Waals surface area (Å²) in [4.78, 5) is 37.9. The number of nitrogens with zero attached hydrogens (tertiary/aromatic N) is 1. The Labute approximate surface area is 116 Å². The molecule has 0 aromatic carbocycles. The van der Waals surface area contributed by atoms with Crippen molar-refractivity contribution in [1.29, 1.82) is 0 Å². The first-order chi connectivity index (χ1) is 9.31. The van der Waals surface area contributed by atoms with Crippen molar-refractivity contribution in [3.8, 4) is 0 Å². The minimum absolute atomic E-state index is 0.0815. The van der Waals surface area contributed by atoms with Gasteiger partial charge in [-0.1, -0.05) is 0 Å². The topological polar surface area (TPSA) is 115 Å². The van der Waals surface area contributed by atoms with Crippen LogP contribution in [0.3, 0.4) is 0 Å². The van der Waals surface area contributed by atoms with Crippen LogP contribution in [0.25, 0.3) is 0 Å². The lowest BCUT2D eigenvalue weighted by Gasteiger charge is -2.11. The van der Waals surface area contributed by atoms with Gasteiger partial charge in [0.25, 0.3) is 0 Å². The number of aromatic nitrogens is 1. The summed E-state index contributed by atoms with van der Waals surface area (Å²) in [5, 5.41) is 13.9. The van der Waals surface area contributed by atoms with Gasteiger partial charge < -0.3 is 25.6 Å². The van der Waals surface area contributed by atoms with Gasteiger partial charge in [0.2, 0.25) is 5.91 Å². The summed E-state index contributed by atoms with van der Waals surface area (Å²) < 4.78 is 0. The van der Waals surface area contributed by atoms with Gasteiger partial charge in [0.05, 0.1) is 5.69 Å². The Morgan fingerprint density at radius 1 is 1.35 bits per heavy atom. The largest absolute Gasteiger partial charge is 0.477 e. The summed E-state index contributed by atoms with van der Waals surface area (Å²) in [5.74, 6) is -1.26. The maximum absolute atomic E-state index is 11.6. The van der Waals surface area contributed by atoms with E-state index in [0.717, 1.165) is 0 Å². The summed E-state index contributed by atoms with van der Waals surface area (Å²) >= 11 is 0. The summed E-state index contributed by atoms with van der Waals surface area (Å²) in [5.41, 5.74) is 0.730. The molecular formula is C12H18N4O4. The summed E-state index contributed by atoms with van der Waals surface area (Å²) in [6.07, 6.45) is 0.179. The van der Waals surface area contributed by atoms with Gasteiger partial charge in [-0.05, 0) is 13.0 Å². The third-order valence-electron chi connectivity index (χ3n) is 2.54. The molecule has 3 amide bonds. The highest BCUT2D eigenvalue weighted by Gasteiger charge is 2.15. The molecule has 110 valence electrons. The highest BCUT2D eigenvalue weighted by atomic mass is 16.4. The molecule has 8 nitrogen and oxygen atoms in total. The van der Waals surface area contributed by atoms with Gasteiger partial charge in [-0.15, -0.1) is 0 Å². The van der Waals surface area contributed by atoms with Crippen molar-refractivity contribution in [2.75, 3.05) is 26.0 Å². The number of aryl methyl sites for hydroxylation is 1. The van der Waals surface area contributed by atoms with Gasteiger partial charge in [-0.3, -0.25) is 4.79 Å². The number of nitrogens with one attached hydrogen (secondary N) is 3. The first kappa shape index (κ1) is 15.5. The molecule has 0 radical (unpaired) electrons. The second kappa shape index (κ2) is 6.60. The highest BCUT2D eigenvalue weighted by Crippen LogP contribution is 2.16. The molecule has 0 fully saturated rings. The number of aromatic carboxylic acids is 1. The lowest BCUT2D eigenvalue weighted by atomic mass is 10.3. The number of H-pyrrole nitrogens is 1. The molecule has 0 saturated carbocycles. The van der Waals surface area contributed by atoms with E-state index in [1.54, 1.807) is 21.0 Å². The zero-order chi connectivity index (χ0) is 15.3. The first-order valence-electron chi connectivity index (χ1n) is 5.99. The monoisotopic (exact) mass is 282 g/mol. The summed E-state index contributed by atoms with van der Waals surface area (Å²) in [6, 6.07) is 0.964. The number of aromatic amines is 1. The molecule has 0 spiro atoms. The molecule has 1 heterocycles. The van der Waals surface area contributed by atoms with E-state index in [2.05, 4.69) is 15.6 Å². The Hall–Kier alpha value is -2.51. The zero-order valence-electron chi connectivity index (χ0n) is 11.6. The van der Waals surface area contributed by atoms with Gasteiger partial charge in [-0.25, -0.2) is 9.59 Å². The minimum Gasteiger partial charge on any atom is -0.477 e. The van der Waals surface area contributed by atoms with Crippen molar-refractivity contribution in [2.24, 2.45) is 0 Å². The number of hydrogen-bond donors (Lipinski definition) is 4. The minimum atomic E-state index is -1.16. The Balaban J connectivity index is 2.51. The normalized spacial score (nSPS) is 9.95. The molecule has 1 aromatic rings. The summed E-state index contributed by atoms with van der Waals surface area (Å²) in [7, 11) is 3.26. The van der Waals surface area contributed by atoms with Gasteiger partial charge in [0.1, 0.15) is 5.69 Å². The molecule has 0 aliphatic rings. The van der Waals surface area contributed by atoms with Crippen LogP contribution in [-0.4, -0.2) is 53.5 Å². The van der Waals surface area contributed by atoms with Crippen LogP contribution in [-0.2, 0) is 4.79 Å². The quantitative estimate of drug-likeness (QED) is 0.633. The van der Waals surface area contributed by atoms with Crippen molar-refractivity contribution < 1.29 is 19.5 Å². The number of anilines is 1. The van der Waals surface area contributed by atoms with E-state index in [9.17, 15) is 14.4 Å². The third-order valence-corrected chi connectivity index (χ3v) is 2.54. The van der Waals surface area contributed by atoms with Crippen LogP contribution in [0.4, 0.5) is 10.5 Å². The number of amides is 3. The third kappa shape index (κ3) is 4.30. The zero-order valence-corrected chi connectivity index (χ0v) is 11.6. The fourth-order valence-electron chi connectivity index (χ4n) is 1.53. The number of urea groups is 1. The Morgan fingerprint density at radius 2 is 2.00 bits per heavy atom. The highest BCUT2D eigenvalue weighted by molar-refractivity contribution is 5.99. The van der Waals surface area contributed by atoms with Gasteiger partial charge in [0, 0.05) is 32.8 Å². The van der Waals surface area contributed by atoms with Crippen LogP contribution in [0, 0.1) is 6.92 Å². The molecule has 0 aliphatic heterocycles. The van der Waals surface area contributed by atoms with Crippen molar-refractivity contribution in [1.82, 2.24) is 15.2 Å². The van der Waals surface area contributed by atoms with E-state index in [1.807, 2.05) is 0 Å². The first-order valence-corrected chi connectivity index (χ1v) is 5.99. The average Bonchev–Trinajstić information content (AvgIpc) is 2.69. The molecule has 0 saturated heterocycles. The number of hydrogen-bond acceptors (Lipinski definition) is 3. The van der Waals surface area contributed by atoms with E-state index < -0.39 is 12.0 Å². The summed E-state index contributed by atoms with van der Waals surface area (Å²) in [6.45, 7) is 1.86. The number of carbonyl (C=O) groups is 3. The molecule has 20 heavy (non-hydrogen) atoms. The number of carbonyl (C=O) groups excluding carboxylic acids is 2. The molecule has 1 aromatic heterocycles. The van der Waals surface area contributed by atoms with E-state index in [4.69, 9.17) is 5.11 Å². The van der Waals surface area contributed by atoms with Crippen LogP contribution in [0.2, 0.25) is 0 Å². The van der Waals surface area contributed by atoms with Crippen LogP contribution >= 0.6 is 0 Å². The Bertz CT molecular complexity index is 522. The number of rotatable bonds is 5. The molecule has 4 N–H and O–H groups in total. The van der Waals surface area contributed by atoms with E-state index in [1.165, 1.54) is 11.0 Å². The van der Waals surface area contributed by atoms with E-state index in [0.29, 0.717) is 5.69 Å². The maximum atomic E-state index is 11.6. The van der Waals surface area contributed by atoms with Crippen LogP contribution in [0.15, 0.2) is 6.07 Å². The van der Waals surface area contributed by atoms with Gasteiger partial charge >= 0.3 is 12.0 Å². The molecule has 0 atom stereocenters. The van der Waals surface area contributed by atoms with Gasteiger partial charge in [-0.2, -0.15) is 0 Å². The van der Waals surface area contributed by atoms with E-state index >= 15 is 0 Å². The van der Waals surface area contributed by atoms with E-state index in [-0.39, 0.29) is 30.3 Å². The second-order valence-corrected chi connectivity index (χ2v) is 4.47. The lowest BCUT2D eigenvalue weighted by molar-refractivity contribution is -0.128. The standard InChI is InChI=1S/C12H18N4O4/c1-7-6-8(10(14-7)11(18)19)15-12(20)13-5-4-9(17)16(2)3/h6,14H,4-5H2,1-3H3,(H,18,19)(H2,13,15,20). The SMILES string of the molecule is Cc1cc(NC(=O)NCCC(=O)N(C)C)c(C(=O)O)[nH]1. The number of carboxylic acid groups (broad SMARTS) is 1. The van der Waals surface area contributed by atoms with Crippen LogP contribution in [0.5, 0.6) is 0 Å². The molecule has 0 unspecified atom stereocenters. The average molecular weight is 282 g/mol. The van der Waals surface area contributed by atoms with Crippen LogP contribution < -0.4 is 10.6 Å². The van der Waals surface area contributed by atoms with Gasteiger partial charge in [0.15, 0.2) is 0 Å². The Kier molecular flexibility index (Phi) is 5.13. The van der Waals surface area contributed by atoms with Crippen molar-refractivity contribution in [2.45, 2.75) is 13.3 Å². The second-order valence-electron chi connectivity index (χ2n) is 4.47. The lowest BCUT2D eigenvalue weighted by Crippen LogP contribution is -2.33.